The molecule has 1 fully saturated rings. The molecule has 36 heavy (non-hydrogen) atoms. The van der Waals surface area contributed by atoms with Gasteiger partial charge in [0.15, 0.2) is 5.65 Å². The molecule has 6 rings (SSSR count). The second kappa shape index (κ2) is 9.27. The predicted molar refractivity (Wildman–Crippen MR) is 129 cm³/mol. The molecule has 180 valence electrons. The first kappa shape index (κ1) is 22.0. The molecule has 1 atom stereocenters. The normalized spacial score (nSPS) is 15.8. The van der Waals surface area contributed by atoms with Crippen molar-refractivity contribution in [3.05, 3.63) is 78.7 Å². The summed E-state index contributed by atoms with van der Waals surface area (Å²) < 4.78 is 22.0. The zero-order valence-corrected chi connectivity index (χ0v) is 19.1. The molecule has 0 bridgehead atoms. The number of pyridine rings is 2. The van der Waals surface area contributed by atoms with Crippen molar-refractivity contribution in [2.75, 3.05) is 18.0 Å². The van der Waals surface area contributed by atoms with Crippen LogP contribution in [0.15, 0.2) is 71.8 Å². The van der Waals surface area contributed by atoms with Gasteiger partial charge in [-0.2, -0.15) is 4.68 Å². The highest BCUT2D eigenvalue weighted by atomic mass is 19.1. The lowest BCUT2D eigenvalue weighted by Gasteiger charge is -2.35. The summed E-state index contributed by atoms with van der Waals surface area (Å²) in [5, 5.41) is 15.3. The number of fused-ring (bicyclic) bond motifs is 1. The van der Waals surface area contributed by atoms with Gasteiger partial charge in [-0.25, -0.2) is 14.4 Å². The number of nitrogens with one attached hydrogen (secondary N) is 1. The minimum absolute atomic E-state index is 0.0661. The molecule has 1 aliphatic rings. The topological polar surface area (TPSA) is 115 Å². The van der Waals surface area contributed by atoms with Crippen molar-refractivity contribution < 1.29 is 13.7 Å². The number of halogens is 1. The van der Waals surface area contributed by atoms with Crippen LogP contribution in [-0.2, 0) is 0 Å². The molecule has 1 saturated heterocycles. The van der Waals surface area contributed by atoms with Crippen LogP contribution in [0.3, 0.4) is 0 Å². The van der Waals surface area contributed by atoms with Crippen molar-refractivity contribution in [3.8, 4) is 16.8 Å². The van der Waals surface area contributed by atoms with Gasteiger partial charge in [-0.1, -0.05) is 10.4 Å². The van der Waals surface area contributed by atoms with Gasteiger partial charge >= 0.3 is 0 Å². The van der Waals surface area contributed by atoms with Gasteiger partial charge in [-0.15, -0.1) is 5.10 Å². The van der Waals surface area contributed by atoms with Crippen LogP contribution in [0, 0.1) is 5.82 Å². The number of carbonyl (C=O) groups is 1. The molecule has 0 radical (unpaired) electrons. The third kappa shape index (κ3) is 3.89. The van der Waals surface area contributed by atoms with Gasteiger partial charge in [0.2, 0.25) is 0 Å². The Morgan fingerprint density at radius 2 is 2.06 bits per heavy atom. The zero-order valence-electron chi connectivity index (χ0n) is 19.1. The van der Waals surface area contributed by atoms with Crippen molar-refractivity contribution in [2.24, 2.45) is 0 Å². The maximum Gasteiger partial charge on any atom is 0.262 e. The fourth-order valence-corrected chi connectivity index (χ4v) is 4.52. The highest BCUT2D eigenvalue weighted by Crippen LogP contribution is 2.32. The minimum atomic E-state index is -0.673. The van der Waals surface area contributed by atoms with Gasteiger partial charge in [-0.05, 0) is 55.8 Å². The van der Waals surface area contributed by atoms with Gasteiger partial charge in [-0.3, -0.25) is 9.69 Å². The average Bonchev–Trinajstić information content (AvgIpc) is 3.60. The number of carbonyl (C=O) groups excluding carboxylic acids is 1. The largest absolute Gasteiger partial charge is 0.364 e. The summed E-state index contributed by atoms with van der Waals surface area (Å²) >= 11 is 0. The molecule has 4 aromatic heterocycles. The summed E-state index contributed by atoms with van der Waals surface area (Å²) in [6.07, 6.45) is 7.94. The number of anilines is 1. The summed E-state index contributed by atoms with van der Waals surface area (Å²) in [5.41, 5.74) is 2.79. The van der Waals surface area contributed by atoms with E-state index in [4.69, 9.17) is 4.52 Å². The Labute approximate surface area is 204 Å². The van der Waals surface area contributed by atoms with E-state index in [0.29, 0.717) is 40.3 Å². The molecule has 5 heterocycles. The number of piperidine rings is 1. The van der Waals surface area contributed by atoms with E-state index in [9.17, 15) is 4.79 Å². The maximum atomic E-state index is 15.5. The Balaban J connectivity index is 1.41. The first-order valence-corrected chi connectivity index (χ1v) is 11.6. The van der Waals surface area contributed by atoms with E-state index < -0.39 is 11.7 Å². The standard InChI is InChI=1S/C25H21FN8O2/c26-21-12-17(34-24-22(31-32-34)6-3-11-29-24)7-8-20(21)25(35)33(18-4-1-9-27-14-18)23-19(5-2-10-28-23)16-13-30-36-15-16/h2-3,5-8,10-13,15,18,27H,1,4,9,14H2/t18-/m1/s1. The van der Waals surface area contributed by atoms with E-state index in [1.54, 1.807) is 47.8 Å². The van der Waals surface area contributed by atoms with E-state index in [-0.39, 0.29) is 11.6 Å². The van der Waals surface area contributed by atoms with E-state index in [2.05, 4.69) is 30.8 Å². The molecule has 5 aromatic rings. The number of amides is 1. The summed E-state index contributed by atoms with van der Waals surface area (Å²) in [5.74, 6) is -0.728. The molecule has 1 aromatic carbocycles. The quantitative estimate of drug-likeness (QED) is 0.404. The second-order valence-electron chi connectivity index (χ2n) is 8.47. The van der Waals surface area contributed by atoms with Crippen molar-refractivity contribution >= 4 is 22.9 Å². The highest BCUT2D eigenvalue weighted by molar-refractivity contribution is 6.08. The third-order valence-corrected chi connectivity index (χ3v) is 6.25. The summed E-state index contributed by atoms with van der Waals surface area (Å²) in [6.45, 7) is 1.43. The molecule has 10 nitrogen and oxygen atoms in total. The molecule has 1 aliphatic heterocycles. The van der Waals surface area contributed by atoms with Crippen LogP contribution in [0.4, 0.5) is 10.2 Å². The first-order chi connectivity index (χ1) is 17.7. The van der Waals surface area contributed by atoms with Crippen LogP contribution in [0.2, 0.25) is 0 Å². The van der Waals surface area contributed by atoms with Gasteiger partial charge < -0.3 is 9.84 Å². The lowest BCUT2D eigenvalue weighted by atomic mass is 10.0. The molecule has 0 spiro atoms. The average molecular weight is 484 g/mol. The van der Waals surface area contributed by atoms with Crippen LogP contribution in [-0.4, -0.2) is 55.2 Å². The number of aromatic nitrogens is 6. The number of hydrogen-bond acceptors (Lipinski definition) is 8. The minimum Gasteiger partial charge on any atom is -0.364 e. The van der Waals surface area contributed by atoms with E-state index in [0.717, 1.165) is 19.4 Å². The smallest absolute Gasteiger partial charge is 0.262 e. The van der Waals surface area contributed by atoms with Crippen molar-refractivity contribution in [1.29, 1.82) is 0 Å². The number of nitrogens with zero attached hydrogens (tertiary/aromatic N) is 7. The fraction of sp³-hybridized carbons (Fsp3) is 0.200. The lowest BCUT2D eigenvalue weighted by Crippen LogP contribution is -2.49. The Morgan fingerprint density at radius 3 is 2.86 bits per heavy atom. The van der Waals surface area contributed by atoms with Crippen molar-refractivity contribution in [1.82, 2.24) is 35.4 Å². The Hall–Kier alpha value is -4.51. The van der Waals surface area contributed by atoms with Gasteiger partial charge in [0, 0.05) is 36.1 Å². The van der Waals surface area contributed by atoms with Gasteiger partial charge in [0.05, 0.1) is 23.5 Å². The summed E-state index contributed by atoms with van der Waals surface area (Å²) in [4.78, 5) is 24.3. The Morgan fingerprint density at radius 1 is 1.17 bits per heavy atom. The van der Waals surface area contributed by atoms with E-state index >= 15 is 4.39 Å². The van der Waals surface area contributed by atoms with Crippen LogP contribution < -0.4 is 10.2 Å². The van der Waals surface area contributed by atoms with Crippen LogP contribution in [0.25, 0.3) is 28.0 Å². The Kier molecular flexibility index (Phi) is 5.66. The fourth-order valence-electron chi connectivity index (χ4n) is 4.52. The van der Waals surface area contributed by atoms with E-state index in [1.807, 2.05) is 6.07 Å². The molecule has 0 saturated carbocycles. The SMILES string of the molecule is O=C(c1ccc(-n2nnc3cccnc32)cc1F)N(c1ncccc1-c1cnoc1)[C@@H]1CCCNC1. The Bertz CT molecular complexity index is 1530. The molecule has 1 N–H and O–H groups in total. The van der Waals surface area contributed by atoms with Crippen molar-refractivity contribution in [2.45, 2.75) is 18.9 Å². The van der Waals surface area contributed by atoms with Crippen LogP contribution in [0.1, 0.15) is 23.2 Å². The molecule has 11 heteroatoms. The first-order valence-electron chi connectivity index (χ1n) is 11.6. The zero-order chi connectivity index (χ0) is 24.5. The maximum absolute atomic E-state index is 15.5. The van der Waals surface area contributed by atoms with Crippen molar-refractivity contribution in [3.63, 3.8) is 0 Å². The molecular weight excluding hydrogens is 463 g/mol. The van der Waals surface area contributed by atoms with E-state index in [1.165, 1.54) is 23.1 Å². The highest BCUT2D eigenvalue weighted by Gasteiger charge is 2.32. The summed E-state index contributed by atoms with van der Waals surface area (Å²) in [6, 6.07) is 11.3. The molecule has 0 unspecified atom stereocenters. The lowest BCUT2D eigenvalue weighted by molar-refractivity contribution is 0.0967. The molecular formula is C25H21FN8O2. The van der Waals surface area contributed by atoms with Crippen LogP contribution in [0.5, 0.6) is 0 Å². The molecule has 0 aliphatic carbocycles. The number of hydrogen-bond donors (Lipinski definition) is 1. The van der Waals surface area contributed by atoms with Gasteiger partial charge in [0.1, 0.15) is 23.4 Å². The third-order valence-electron chi connectivity index (χ3n) is 6.25. The van der Waals surface area contributed by atoms with Gasteiger partial charge in [0.25, 0.3) is 5.91 Å². The summed E-state index contributed by atoms with van der Waals surface area (Å²) in [7, 11) is 0. The monoisotopic (exact) mass is 484 g/mol. The number of rotatable bonds is 5. The molecule has 1 amide bonds. The second-order valence-corrected chi connectivity index (χ2v) is 8.47. The number of benzene rings is 1. The predicted octanol–water partition coefficient (Wildman–Crippen LogP) is 3.40. The van der Waals surface area contributed by atoms with Crippen LogP contribution >= 0.6 is 0 Å².